The zero-order valence-electron chi connectivity index (χ0n) is 66.9. The zero-order chi connectivity index (χ0) is 81.6. The molecule has 3 aliphatic heterocycles. The summed E-state index contributed by atoms with van der Waals surface area (Å²) >= 11 is 19.2. The number of aromatic nitrogens is 6. The molecule has 3 saturated heterocycles. The fourth-order valence-electron chi connectivity index (χ4n) is 12.7. The first-order chi connectivity index (χ1) is 51.7. The van der Waals surface area contributed by atoms with E-state index in [4.69, 9.17) is 59.0 Å². The van der Waals surface area contributed by atoms with E-state index in [1.165, 1.54) is 24.3 Å². The predicted molar refractivity (Wildman–Crippen MR) is 438 cm³/mol. The molecule has 21 nitrogen and oxygen atoms in total. The van der Waals surface area contributed by atoms with E-state index in [-0.39, 0.29) is 89.5 Å². The van der Waals surface area contributed by atoms with Gasteiger partial charge in [-0.2, -0.15) is 0 Å². The summed E-state index contributed by atoms with van der Waals surface area (Å²) in [6.45, 7) is 43.7. The van der Waals surface area contributed by atoms with Crippen LogP contribution in [-0.2, 0) is 33.8 Å². The van der Waals surface area contributed by atoms with E-state index < -0.39 is 22.8 Å². The third-order valence-corrected chi connectivity index (χ3v) is 18.4. The van der Waals surface area contributed by atoms with Gasteiger partial charge in [0.2, 0.25) is 0 Å². The summed E-state index contributed by atoms with van der Waals surface area (Å²) in [5.74, 6) is -1.22. The van der Waals surface area contributed by atoms with Crippen LogP contribution in [0.15, 0.2) is 130 Å². The maximum atomic E-state index is 14.7. The van der Waals surface area contributed by atoms with Gasteiger partial charge < -0.3 is 44.0 Å². The van der Waals surface area contributed by atoms with Gasteiger partial charge in [-0.1, -0.05) is 134 Å². The van der Waals surface area contributed by atoms with Crippen LogP contribution in [0.25, 0.3) is 66.9 Å². The Balaban J connectivity index is 0.000000179. The van der Waals surface area contributed by atoms with Crippen LogP contribution in [0.2, 0.25) is 15.1 Å². The first-order valence-electron chi connectivity index (χ1n) is 37.3. The smallest absolute Gasteiger partial charge is 0.410 e. The van der Waals surface area contributed by atoms with Crippen molar-refractivity contribution in [1.82, 2.24) is 48.7 Å². The lowest BCUT2D eigenvalue weighted by atomic mass is 9.96. The van der Waals surface area contributed by atoms with E-state index in [1.54, 1.807) is 113 Å². The number of anilines is 2. The molecule has 0 bridgehead atoms. The fourth-order valence-corrected chi connectivity index (χ4v) is 13.4. The Morgan fingerprint density at radius 2 is 0.712 bits per heavy atom. The van der Waals surface area contributed by atoms with E-state index in [2.05, 4.69) is 40.9 Å². The summed E-state index contributed by atoms with van der Waals surface area (Å²) in [5.41, 5.74) is 2.26. The summed E-state index contributed by atoms with van der Waals surface area (Å²) in [7, 11) is 0. The second-order valence-electron chi connectivity index (χ2n) is 34.5. The van der Waals surface area contributed by atoms with Gasteiger partial charge in [-0.15, -0.1) is 0 Å². The molecule has 1 N–H and O–H groups in total. The highest BCUT2D eigenvalue weighted by molar-refractivity contribution is 6.37. The normalized spacial score (nSPS) is 14.6. The van der Waals surface area contributed by atoms with Crippen molar-refractivity contribution in [3.63, 3.8) is 0 Å². The monoisotopic (exact) mass is 1590 g/mol. The molecule has 0 atom stereocenters. The Labute approximate surface area is 662 Å². The summed E-state index contributed by atoms with van der Waals surface area (Å²) in [6, 6.07) is 30.8. The Hall–Kier alpha value is -9.23. The van der Waals surface area contributed by atoms with Crippen molar-refractivity contribution in [1.29, 1.82) is 0 Å². The molecule has 111 heavy (non-hydrogen) atoms. The van der Waals surface area contributed by atoms with Gasteiger partial charge in [0.15, 0.2) is 0 Å². The molecule has 6 aromatic heterocycles. The second-order valence-corrected chi connectivity index (χ2v) is 35.7. The van der Waals surface area contributed by atoms with Crippen molar-refractivity contribution in [2.45, 2.75) is 161 Å². The molecule has 3 fully saturated rings. The topological polar surface area (TPSA) is 212 Å². The van der Waals surface area contributed by atoms with E-state index in [0.717, 1.165) is 37.3 Å². The van der Waals surface area contributed by atoms with Crippen LogP contribution in [0.3, 0.4) is 0 Å². The number of piperazine rings is 3. The standard InChI is InChI=1S/C28H34ClFN4O3.C28H35FN4O3.C19H17Cl2FN2O.C9H18N2O2/c1-27(2,3)17-34-23(35)16-22(32-11-13-33(14-12-32)26(36)37-28(4,5)6)19-15-20(29)24(31-25(19)34)18-9-7-8-10-21(18)30;1-27(2,3)18-33-24(34)17-23(31-13-15-32(16-14-31)26(35)36-28(4,5)6)20-11-12-22(30-25(20)33)19-9-7-8-10-21(19)29;1-19(2,3)10-24-16(25)9-13(20)12-8-14(21)17(23-18(12)24)11-6-4-5-7-15(11)22;1-9(2,3)13-8(12)11-6-4-10-5-7-11/h7-10,15-16H,11-14,17H2,1-6H3;7-12,17H,13-16,18H2,1-6H3;4-9H,10H2,1-3H3;10H,4-7H2,1-3H3. The number of hydrogen-bond donors (Lipinski definition) is 1. The molecule has 0 spiro atoms. The number of rotatable bonds is 8. The molecule has 27 heteroatoms. The summed E-state index contributed by atoms with van der Waals surface area (Å²) in [4.78, 5) is 99.1. The van der Waals surface area contributed by atoms with E-state index >= 15 is 0 Å². The highest BCUT2D eigenvalue weighted by Crippen LogP contribution is 2.38. The van der Waals surface area contributed by atoms with Gasteiger partial charge in [0, 0.05) is 149 Å². The summed E-state index contributed by atoms with van der Waals surface area (Å²) in [6.07, 6.45) is -0.880. The molecule has 0 radical (unpaired) electrons. The van der Waals surface area contributed by atoms with Crippen LogP contribution in [0.1, 0.15) is 125 Å². The quantitative estimate of drug-likeness (QED) is 0.140. The predicted octanol–water partition coefficient (Wildman–Crippen LogP) is 17.6. The second kappa shape index (κ2) is 34.8. The van der Waals surface area contributed by atoms with Gasteiger partial charge >= 0.3 is 18.3 Å². The lowest BCUT2D eigenvalue weighted by Gasteiger charge is -2.37. The molecule has 9 heterocycles. The third kappa shape index (κ3) is 23.0. The number of hydrogen-bond acceptors (Lipinski definition) is 15. The molecule has 0 aliphatic carbocycles. The first-order valence-corrected chi connectivity index (χ1v) is 38.4. The molecule has 9 aromatic rings. The number of halogens is 6. The number of ether oxygens (including phenoxy) is 3. The average Bonchev–Trinajstić information content (AvgIpc) is 0.761. The van der Waals surface area contributed by atoms with Gasteiger partial charge in [0.25, 0.3) is 16.7 Å². The number of carbonyl (C=O) groups excluding carboxylic acids is 3. The number of amides is 3. The number of benzene rings is 3. The van der Waals surface area contributed by atoms with Gasteiger partial charge in [0.05, 0.1) is 43.5 Å². The van der Waals surface area contributed by atoms with Crippen molar-refractivity contribution in [3.8, 4) is 33.8 Å². The Morgan fingerprint density at radius 3 is 1.08 bits per heavy atom. The lowest BCUT2D eigenvalue weighted by molar-refractivity contribution is 0.0221. The van der Waals surface area contributed by atoms with Crippen LogP contribution in [0.5, 0.6) is 0 Å². The Kier molecular flexibility index (Phi) is 26.9. The molecule has 0 saturated carbocycles. The van der Waals surface area contributed by atoms with Crippen molar-refractivity contribution >= 4 is 97.6 Å². The highest BCUT2D eigenvalue weighted by Gasteiger charge is 2.32. The molecule has 3 aromatic carbocycles. The lowest BCUT2D eigenvalue weighted by Crippen LogP contribution is -2.50. The van der Waals surface area contributed by atoms with Gasteiger partial charge in [-0.3, -0.25) is 28.1 Å². The average molecular weight is 1590 g/mol. The minimum Gasteiger partial charge on any atom is -0.444 e. The maximum absolute atomic E-state index is 14.7. The minimum absolute atomic E-state index is 0.149. The van der Waals surface area contributed by atoms with Crippen LogP contribution >= 0.6 is 34.8 Å². The van der Waals surface area contributed by atoms with Crippen LogP contribution in [-0.4, -0.2) is 157 Å². The van der Waals surface area contributed by atoms with Crippen molar-refractivity contribution < 1.29 is 41.8 Å². The molecule has 3 aliphatic rings. The highest BCUT2D eigenvalue weighted by atomic mass is 35.5. The number of nitrogens with one attached hydrogen (secondary N) is 1. The first kappa shape index (κ1) is 85.8. The summed E-state index contributed by atoms with van der Waals surface area (Å²) in [5, 5.41) is 6.13. The van der Waals surface area contributed by atoms with Crippen LogP contribution < -0.4 is 31.8 Å². The molecule has 12 rings (SSSR count). The number of fused-ring (bicyclic) bond motifs is 3. The number of pyridine rings is 6. The van der Waals surface area contributed by atoms with Crippen molar-refractivity contribution in [2.75, 3.05) is 88.3 Å². The third-order valence-electron chi connectivity index (χ3n) is 17.5. The molecular formula is C84H104Cl3F3N12O9. The fraction of sp³-hybridized carbons (Fsp3) is 0.464. The Morgan fingerprint density at radius 1 is 0.387 bits per heavy atom. The van der Waals surface area contributed by atoms with Crippen molar-refractivity contribution in [3.05, 3.63) is 179 Å². The zero-order valence-corrected chi connectivity index (χ0v) is 69.2. The minimum atomic E-state index is -0.569. The molecule has 3 amide bonds. The van der Waals surface area contributed by atoms with Gasteiger partial charge in [-0.05, 0) is 139 Å². The summed E-state index contributed by atoms with van der Waals surface area (Å²) < 4.78 is 64.5. The SMILES string of the molecule is CC(C)(C)Cn1c(=O)cc(Cl)c2cc(Cl)c(-c3ccccc3F)nc21.CC(C)(C)Cn1c(=O)cc(N2CCN(C(=O)OC(C)(C)C)CC2)c2cc(Cl)c(-c3ccccc3F)nc21.CC(C)(C)Cn1c(=O)cc(N2CCN(C(=O)OC(C)(C)C)CC2)c2ccc(-c3ccccc3F)nc21.CC(C)(C)OC(=O)N1CCNCC1. The van der Waals surface area contributed by atoms with E-state index in [0.29, 0.717) is 127 Å². The largest absolute Gasteiger partial charge is 0.444 e. The molecule has 596 valence electrons. The van der Waals surface area contributed by atoms with E-state index in [9.17, 15) is 41.9 Å². The van der Waals surface area contributed by atoms with Crippen molar-refractivity contribution in [2.24, 2.45) is 16.2 Å². The molecule has 0 unspecified atom stereocenters. The Bertz CT molecular complexity index is 5070. The van der Waals surface area contributed by atoms with E-state index in [1.807, 2.05) is 110 Å². The van der Waals surface area contributed by atoms with Gasteiger partial charge in [-0.25, -0.2) is 42.5 Å². The van der Waals surface area contributed by atoms with Crippen LogP contribution in [0, 0.1) is 33.7 Å². The van der Waals surface area contributed by atoms with Crippen LogP contribution in [0.4, 0.5) is 38.9 Å². The number of nitrogens with zero attached hydrogens (tertiary/aromatic N) is 11. The maximum Gasteiger partial charge on any atom is 0.410 e. The van der Waals surface area contributed by atoms with Gasteiger partial charge in [0.1, 0.15) is 51.2 Å². The number of carbonyl (C=O) groups is 3. The molecular weight excluding hydrogens is 1480 g/mol.